The van der Waals surface area contributed by atoms with Crippen LogP contribution in [0.25, 0.3) is 27.5 Å². The van der Waals surface area contributed by atoms with Crippen molar-refractivity contribution in [1.29, 1.82) is 0 Å². The molecule has 0 aliphatic carbocycles. The maximum atomic E-state index is 4.37. The highest BCUT2D eigenvalue weighted by atomic mass is 15.4. The minimum absolute atomic E-state index is 0.695. The van der Waals surface area contributed by atoms with E-state index in [9.17, 15) is 0 Å². The van der Waals surface area contributed by atoms with Crippen molar-refractivity contribution in [2.24, 2.45) is 0 Å². The van der Waals surface area contributed by atoms with Crippen LogP contribution in [0.4, 0.5) is 0 Å². The van der Waals surface area contributed by atoms with Gasteiger partial charge >= 0.3 is 0 Å². The van der Waals surface area contributed by atoms with Crippen LogP contribution in [-0.4, -0.2) is 19.6 Å². The van der Waals surface area contributed by atoms with E-state index in [1.165, 1.54) is 21.8 Å². The van der Waals surface area contributed by atoms with Gasteiger partial charge in [0.15, 0.2) is 0 Å². The second kappa shape index (κ2) is 5.60. The highest BCUT2D eigenvalue weighted by Gasteiger charge is 2.11. The molecule has 2 heterocycles. The zero-order chi connectivity index (χ0) is 16.6. The van der Waals surface area contributed by atoms with E-state index >= 15 is 0 Å². The van der Waals surface area contributed by atoms with Gasteiger partial charge in [0.25, 0.3) is 0 Å². The van der Waals surface area contributed by atoms with Crippen LogP contribution < -0.4 is 0 Å². The summed E-state index contributed by atoms with van der Waals surface area (Å²) in [6.07, 6.45) is 2.00. The zero-order valence-corrected chi connectivity index (χ0v) is 13.6. The van der Waals surface area contributed by atoms with Crippen LogP contribution in [0.15, 0.2) is 85.1 Å². The van der Waals surface area contributed by atoms with Crippen molar-refractivity contribution in [3.8, 4) is 5.69 Å². The number of hydrogen-bond donors (Lipinski definition) is 0. The summed E-state index contributed by atoms with van der Waals surface area (Å²) in [5.74, 6) is 0. The largest absolute Gasteiger partial charge is 0.334 e. The Hall–Kier alpha value is -3.40. The molecular formula is C21H16N4. The van der Waals surface area contributed by atoms with Gasteiger partial charge in [-0.05, 0) is 24.3 Å². The lowest BCUT2D eigenvalue weighted by atomic mass is 10.2. The van der Waals surface area contributed by atoms with Crippen molar-refractivity contribution < 1.29 is 0 Å². The molecule has 0 N–H and O–H groups in total. The van der Waals surface area contributed by atoms with Crippen LogP contribution in [-0.2, 0) is 6.54 Å². The van der Waals surface area contributed by atoms with Crippen LogP contribution in [0.5, 0.6) is 0 Å². The molecule has 2 aromatic heterocycles. The van der Waals surface area contributed by atoms with Crippen LogP contribution in [0, 0.1) is 0 Å². The number of hydrogen-bond acceptors (Lipinski definition) is 2. The van der Waals surface area contributed by atoms with Gasteiger partial charge in [-0.2, -0.15) is 0 Å². The molecule has 0 atom stereocenters. The topological polar surface area (TPSA) is 35.6 Å². The molecule has 0 aliphatic rings. The van der Waals surface area contributed by atoms with E-state index in [1.54, 1.807) is 0 Å². The van der Waals surface area contributed by atoms with E-state index in [4.69, 9.17) is 0 Å². The Morgan fingerprint density at radius 1 is 0.680 bits per heavy atom. The van der Waals surface area contributed by atoms with Crippen LogP contribution in [0.3, 0.4) is 0 Å². The lowest BCUT2D eigenvalue weighted by Gasteiger charge is -2.04. The third kappa shape index (κ3) is 2.31. The Kier molecular flexibility index (Phi) is 3.13. The van der Waals surface area contributed by atoms with E-state index in [2.05, 4.69) is 63.4 Å². The Bertz CT molecular complexity index is 1120. The fourth-order valence-corrected chi connectivity index (χ4v) is 3.41. The molecule has 25 heavy (non-hydrogen) atoms. The highest BCUT2D eigenvalue weighted by Crippen LogP contribution is 2.29. The van der Waals surface area contributed by atoms with Gasteiger partial charge < -0.3 is 4.57 Å². The summed E-state index contributed by atoms with van der Waals surface area (Å²) < 4.78 is 4.13. The van der Waals surface area contributed by atoms with Crippen LogP contribution >= 0.6 is 0 Å². The summed E-state index contributed by atoms with van der Waals surface area (Å²) in [5.41, 5.74) is 4.40. The average Bonchev–Trinajstić information content (AvgIpc) is 3.27. The van der Waals surface area contributed by atoms with Gasteiger partial charge in [0.1, 0.15) is 5.69 Å². The first-order valence-electron chi connectivity index (χ1n) is 8.33. The van der Waals surface area contributed by atoms with Crippen LogP contribution in [0.2, 0.25) is 0 Å². The molecule has 5 rings (SSSR count). The summed E-state index contributed by atoms with van der Waals surface area (Å²) in [4.78, 5) is 0. The molecular weight excluding hydrogens is 308 g/mol. The molecule has 0 unspecified atom stereocenters. The van der Waals surface area contributed by atoms with Gasteiger partial charge in [0.05, 0.1) is 18.4 Å². The lowest BCUT2D eigenvalue weighted by molar-refractivity contribution is 0.783. The highest BCUT2D eigenvalue weighted by molar-refractivity contribution is 6.07. The maximum absolute atomic E-state index is 4.37. The molecule has 0 amide bonds. The summed E-state index contributed by atoms with van der Waals surface area (Å²) in [5, 5.41) is 11.2. The predicted molar refractivity (Wildman–Crippen MR) is 99.9 cm³/mol. The molecule has 0 saturated carbocycles. The molecule has 0 fully saturated rings. The molecule has 0 bridgehead atoms. The van der Waals surface area contributed by atoms with Crippen molar-refractivity contribution in [3.05, 3.63) is 90.8 Å². The number of para-hydroxylation sites is 3. The van der Waals surface area contributed by atoms with Crippen molar-refractivity contribution in [1.82, 2.24) is 19.6 Å². The molecule has 5 aromatic rings. The minimum atomic E-state index is 0.695. The monoisotopic (exact) mass is 324 g/mol. The maximum Gasteiger partial charge on any atom is 0.103 e. The Morgan fingerprint density at radius 2 is 1.28 bits per heavy atom. The van der Waals surface area contributed by atoms with Crippen molar-refractivity contribution in [2.45, 2.75) is 6.54 Å². The number of nitrogens with zero attached hydrogens (tertiary/aromatic N) is 4. The van der Waals surface area contributed by atoms with Gasteiger partial charge in [-0.1, -0.05) is 59.8 Å². The second-order valence-corrected chi connectivity index (χ2v) is 6.11. The first kappa shape index (κ1) is 14.0. The third-order valence-electron chi connectivity index (χ3n) is 4.56. The summed E-state index contributed by atoms with van der Waals surface area (Å²) in [7, 11) is 0. The SMILES string of the molecule is c1ccc(-n2cc(Cn3c4ccccc4c4ccccc43)nn2)cc1. The summed E-state index contributed by atoms with van der Waals surface area (Å²) >= 11 is 0. The fraction of sp³-hybridized carbons (Fsp3) is 0.0476. The van der Waals surface area contributed by atoms with E-state index in [0.29, 0.717) is 6.54 Å². The Morgan fingerprint density at radius 3 is 1.96 bits per heavy atom. The lowest BCUT2D eigenvalue weighted by Crippen LogP contribution is -1.99. The van der Waals surface area contributed by atoms with Crippen LogP contribution in [0.1, 0.15) is 5.69 Å². The molecule has 0 radical (unpaired) electrons. The van der Waals surface area contributed by atoms with E-state index < -0.39 is 0 Å². The summed E-state index contributed by atoms with van der Waals surface area (Å²) in [6, 6.07) is 27.1. The molecule has 120 valence electrons. The quantitative estimate of drug-likeness (QED) is 0.492. The normalized spacial score (nSPS) is 11.4. The third-order valence-corrected chi connectivity index (χ3v) is 4.56. The van der Waals surface area contributed by atoms with Crippen molar-refractivity contribution in [3.63, 3.8) is 0 Å². The van der Waals surface area contributed by atoms with E-state index in [1.807, 2.05) is 41.2 Å². The summed E-state index contributed by atoms with van der Waals surface area (Å²) in [6.45, 7) is 0.695. The Labute approximate surface area is 144 Å². The second-order valence-electron chi connectivity index (χ2n) is 6.11. The van der Waals surface area contributed by atoms with Gasteiger partial charge in [-0.15, -0.1) is 5.10 Å². The fourth-order valence-electron chi connectivity index (χ4n) is 3.41. The molecule has 0 aliphatic heterocycles. The van der Waals surface area contributed by atoms with Gasteiger partial charge in [0, 0.05) is 21.8 Å². The zero-order valence-electron chi connectivity index (χ0n) is 13.6. The van der Waals surface area contributed by atoms with Crippen molar-refractivity contribution >= 4 is 21.8 Å². The first-order valence-corrected chi connectivity index (χ1v) is 8.33. The average molecular weight is 324 g/mol. The Balaban J connectivity index is 1.61. The van der Waals surface area contributed by atoms with Crippen molar-refractivity contribution in [2.75, 3.05) is 0 Å². The van der Waals surface area contributed by atoms with Gasteiger partial charge in [-0.3, -0.25) is 0 Å². The number of benzene rings is 3. The smallest absolute Gasteiger partial charge is 0.103 e. The molecule has 0 spiro atoms. The number of fused-ring (bicyclic) bond motifs is 3. The van der Waals surface area contributed by atoms with E-state index in [0.717, 1.165) is 11.4 Å². The molecule has 3 aromatic carbocycles. The number of rotatable bonds is 3. The minimum Gasteiger partial charge on any atom is -0.334 e. The molecule has 0 saturated heterocycles. The predicted octanol–water partition coefficient (Wildman–Crippen LogP) is 4.42. The van der Waals surface area contributed by atoms with Gasteiger partial charge in [0.2, 0.25) is 0 Å². The molecule has 4 nitrogen and oxygen atoms in total. The standard InChI is InChI=1S/C21H16N4/c1-2-8-17(9-3-1)25-15-16(22-23-25)14-24-20-12-6-4-10-18(20)19-11-5-7-13-21(19)24/h1-13,15H,14H2. The molecule has 4 heteroatoms. The number of aromatic nitrogens is 4. The first-order chi connectivity index (χ1) is 12.4. The van der Waals surface area contributed by atoms with E-state index in [-0.39, 0.29) is 0 Å². The van der Waals surface area contributed by atoms with Gasteiger partial charge in [-0.25, -0.2) is 4.68 Å².